The predicted molar refractivity (Wildman–Crippen MR) is 82.3 cm³/mol. The van der Waals surface area contributed by atoms with Gasteiger partial charge in [-0.25, -0.2) is 8.42 Å². The Morgan fingerprint density at radius 1 is 1.10 bits per heavy atom. The number of hydrogen-bond acceptors (Lipinski definition) is 4. The zero-order chi connectivity index (χ0) is 15.9. The Morgan fingerprint density at radius 2 is 1.57 bits per heavy atom. The molecule has 0 unspecified atom stereocenters. The van der Waals surface area contributed by atoms with E-state index in [1.807, 2.05) is 27.7 Å². The van der Waals surface area contributed by atoms with Crippen LogP contribution in [0.25, 0.3) is 0 Å². The maximum absolute atomic E-state index is 12.8. The largest absolute Gasteiger partial charge is 0.367 e. The smallest absolute Gasteiger partial charge is 0.243 e. The van der Waals surface area contributed by atoms with Crippen LogP contribution in [0.3, 0.4) is 0 Å². The fraction of sp³-hybridized carbons (Fsp3) is 0.600. The molecule has 118 valence electrons. The van der Waals surface area contributed by atoms with Crippen LogP contribution < -0.4 is 5.73 Å². The molecule has 1 aromatic rings. The Morgan fingerprint density at radius 3 is 2.00 bits per heavy atom. The topological polar surface area (TPSA) is 72.6 Å². The van der Waals surface area contributed by atoms with Gasteiger partial charge in [0.2, 0.25) is 10.0 Å². The normalized spacial score (nSPS) is 22.1. The highest BCUT2D eigenvalue weighted by atomic mass is 32.2. The van der Waals surface area contributed by atoms with E-state index in [1.165, 1.54) is 4.31 Å². The summed E-state index contributed by atoms with van der Waals surface area (Å²) in [4.78, 5) is 0.299. The van der Waals surface area contributed by atoms with Gasteiger partial charge < -0.3 is 10.5 Å². The molecular formula is C15H24N2O3S. The third kappa shape index (κ3) is 3.63. The minimum atomic E-state index is -3.52. The van der Waals surface area contributed by atoms with Gasteiger partial charge in [0.05, 0.1) is 16.1 Å². The molecule has 0 bridgehead atoms. The van der Waals surface area contributed by atoms with Crippen molar-refractivity contribution in [2.45, 2.75) is 50.3 Å². The first-order valence-corrected chi connectivity index (χ1v) is 8.49. The average Bonchev–Trinajstić information content (AvgIpc) is 2.35. The number of morpholine rings is 1. The standard InChI is InChI=1S/C15H24N2O3S/c1-14(2)10-17(11-15(3,4)20-14)21(18,19)13-7-5-12(9-16)6-8-13/h5-8H,9-11,16H2,1-4H3. The molecule has 0 aliphatic carbocycles. The molecule has 0 amide bonds. The summed E-state index contributed by atoms with van der Waals surface area (Å²) < 4.78 is 33.0. The summed E-state index contributed by atoms with van der Waals surface area (Å²) in [5.41, 5.74) is 5.44. The van der Waals surface area contributed by atoms with Crippen molar-refractivity contribution in [1.29, 1.82) is 0 Å². The van der Waals surface area contributed by atoms with Crippen molar-refractivity contribution in [3.05, 3.63) is 29.8 Å². The molecule has 0 spiro atoms. The van der Waals surface area contributed by atoms with Crippen LogP contribution >= 0.6 is 0 Å². The SMILES string of the molecule is CC1(C)CN(S(=O)(=O)c2ccc(CN)cc2)CC(C)(C)O1. The van der Waals surface area contributed by atoms with Gasteiger partial charge in [0.25, 0.3) is 0 Å². The summed E-state index contributed by atoms with van der Waals surface area (Å²) in [7, 11) is -3.52. The molecule has 1 saturated heterocycles. The van der Waals surface area contributed by atoms with E-state index in [-0.39, 0.29) is 0 Å². The Bertz CT molecular complexity index is 590. The first-order valence-electron chi connectivity index (χ1n) is 7.05. The number of sulfonamides is 1. The lowest BCUT2D eigenvalue weighted by Gasteiger charge is -2.46. The van der Waals surface area contributed by atoms with Gasteiger partial charge in [-0.1, -0.05) is 12.1 Å². The molecule has 0 saturated carbocycles. The van der Waals surface area contributed by atoms with E-state index in [0.717, 1.165) is 5.56 Å². The van der Waals surface area contributed by atoms with Crippen molar-refractivity contribution in [1.82, 2.24) is 4.31 Å². The fourth-order valence-corrected chi connectivity index (χ4v) is 4.57. The van der Waals surface area contributed by atoms with Crippen LogP contribution in [0.1, 0.15) is 33.3 Å². The van der Waals surface area contributed by atoms with E-state index >= 15 is 0 Å². The van der Waals surface area contributed by atoms with E-state index < -0.39 is 21.2 Å². The molecule has 5 nitrogen and oxygen atoms in total. The number of benzene rings is 1. The van der Waals surface area contributed by atoms with Crippen LogP contribution in [0.2, 0.25) is 0 Å². The molecule has 1 fully saturated rings. The molecule has 2 N–H and O–H groups in total. The summed E-state index contributed by atoms with van der Waals surface area (Å²) in [5, 5.41) is 0. The molecule has 1 heterocycles. The van der Waals surface area contributed by atoms with Crippen LogP contribution in [-0.4, -0.2) is 37.0 Å². The zero-order valence-corrected chi connectivity index (χ0v) is 13.9. The van der Waals surface area contributed by atoms with Crippen LogP contribution in [0.15, 0.2) is 29.2 Å². The Hall–Kier alpha value is -0.950. The maximum Gasteiger partial charge on any atom is 0.243 e. The molecule has 0 radical (unpaired) electrons. The number of nitrogens with zero attached hydrogens (tertiary/aromatic N) is 1. The highest BCUT2D eigenvalue weighted by Crippen LogP contribution is 2.31. The van der Waals surface area contributed by atoms with Crippen molar-refractivity contribution in [2.75, 3.05) is 13.1 Å². The third-order valence-electron chi connectivity index (χ3n) is 3.46. The number of ether oxygens (including phenoxy) is 1. The third-order valence-corrected chi connectivity index (χ3v) is 5.27. The van der Waals surface area contributed by atoms with Crippen LogP contribution in [0, 0.1) is 0 Å². The molecule has 2 rings (SSSR count). The summed E-state index contributed by atoms with van der Waals surface area (Å²) in [6.45, 7) is 8.73. The Balaban J connectivity index is 2.33. The van der Waals surface area contributed by atoms with Gasteiger partial charge in [-0.3, -0.25) is 0 Å². The molecule has 6 heteroatoms. The summed E-state index contributed by atoms with van der Waals surface area (Å²) in [6, 6.07) is 6.74. The quantitative estimate of drug-likeness (QED) is 0.922. The Labute approximate surface area is 127 Å². The number of rotatable bonds is 3. The molecule has 1 aromatic carbocycles. The van der Waals surface area contributed by atoms with Crippen molar-refractivity contribution in [3.8, 4) is 0 Å². The van der Waals surface area contributed by atoms with E-state index in [1.54, 1.807) is 24.3 Å². The van der Waals surface area contributed by atoms with Gasteiger partial charge in [0.15, 0.2) is 0 Å². The van der Waals surface area contributed by atoms with Crippen LogP contribution in [-0.2, 0) is 21.3 Å². The van der Waals surface area contributed by atoms with Gasteiger partial charge in [0.1, 0.15) is 0 Å². The van der Waals surface area contributed by atoms with Gasteiger partial charge in [-0.15, -0.1) is 0 Å². The minimum absolute atomic E-state index is 0.299. The van der Waals surface area contributed by atoms with E-state index in [0.29, 0.717) is 24.5 Å². The van der Waals surface area contributed by atoms with Crippen molar-refractivity contribution < 1.29 is 13.2 Å². The van der Waals surface area contributed by atoms with E-state index in [4.69, 9.17) is 10.5 Å². The van der Waals surface area contributed by atoms with Crippen molar-refractivity contribution >= 4 is 10.0 Å². The van der Waals surface area contributed by atoms with Crippen LogP contribution in [0.4, 0.5) is 0 Å². The van der Waals surface area contributed by atoms with E-state index in [2.05, 4.69) is 0 Å². The minimum Gasteiger partial charge on any atom is -0.367 e. The Kier molecular flexibility index (Phi) is 4.19. The highest BCUT2D eigenvalue weighted by Gasteiger charge is 2.43. The molecule has 1 aliphatic rings. The summed E-state index contributed by atoms with van der Waals surface area (Å²) >= 11 is 0. The predicted octanol–water partition coefficient (Wildman–Crippen LogP) is 1.72. The lowest BCUT2D eigenvalue weighted by atomic mass is 10.0. The molecule has 0 aromatic heterocycles. The maximum atomic E-state index is 12.8. The second-order valence-corrected chi connectivity index (χ2v) is 8.68. The molecule has 21 heavy (non-hydrogen) atoms. The highest BCUT2D eigenvalue weighted by molar-refractivity contribution is 7.89. The van der Waals surface area contributed by atoms with Gasteiger partial charge in [0, 0.05) is 19.6 Å². The van der Waals surface area contributed by atoms with Crippen molar-refractivity contribution in [3.63, 3.8) is 0 Å². The summed E-state index contributed by atoms with van der Waals surface area (Å²) in [5.74, 6) is 0. The number of hydrogen-bond donors (Lipinski definition) is 1. The van der Waals surface area contributed by atoms with Crippen molar-refractivity contribution in [2.24, 2.45) is 5.73 Å². The molecular weight excluding hydrogens is 288 g/mol. The monoisotopic (exact) mass is 312 g/mol. The lowest BCUT2D eigenvalue weighted by Crippen LogP contribution is -2.58. The number of nitrogens with two attached hydrogens (primary N) is 1. The summed E-state index contributed by atoms with van der Waals surface area (Å²) in [6.07, 6.45) is 0. The zero-order valence-electron chi connectivity index (χ0n) is 13.1. The first kappa shape index (κ1) is 16.4. The van der Waals surface area contributed by atoms with E-state index in [9.17, 15) is 8.42 Å². The first-order chi connectivity index (χ1) is 9.56. The second-order valence-electron chi connectivity index (χ2n) is 6.74. The molecule has 0 atom stereocenters. The van der Waals surface area contributed by atoms with Gasteiger partial charge in [-0.05, 0) is 45.4 Å². The fourth-order valence-electron chi connectivity index (χ4n) is 2.83. The molecule has 1 aliphatic heterocycles. The van der Waals surface area contributed by atoms with Gasteiger partial charge in [-0.2, -0.15) is 4.31 Å². The van der Waals surface area contributed by atoms with Crippen LogP contribution in [0.5, 0.6) is 0 Å². The average molecular weight is 312 g/mol. The second kappa shape index (κ2) is 5.35. The lowest BCUT2D eigenvalue weighted by molar-refractivity contribution is -0.163. The van der Waals surface area contributed by atoms with Gasteiger partial charge >= 0.3 is 0 Å².